The van der Waals surface area contributed by atoms with Crippen LogP contribution in [0.2, 0.25) is 0 Å². The van der Waals surface area contributed by atoms with Crippen molar-refractivity contribution in [3.8, 4) is 0 Å². The Morgan fingerprint density at radius 2 is 2.24 bits per heavy atom. The van der Waals surface area contributed by atoms with Crippen LogP contribution in [0.15, 0.2) is 18.2 Å². The number of benzene rings is 1. The summed E-state index contributed by atoms with van der Waals surface area (Å²) in [6, 6.07) is 4.17. The van der Waals surface area contributed by atoms with E-state index in [0.29, 0.717) is 0 Å². The normalized spacial score (nSPS) is 17.3. The molecule has 17 heavy (non-hydrogen) atoms. The number of anilines is 1. The first-order chi connectivity index (χ1) is 8.08. The molecule has 0 heterocycles. The first-order valence-electron chi connectivity index (χ1n) is 5.79. The van der Waals surface area contributed by atoms with Crippen LogP contribution >= 0.6 is 0 Å². The van der Waals surface area contributed by atoms with Gasteiger partial charge >= 0.3 is 5.69 Å². The van der Waals surface area contributed by atoms with Crippen LogP contribution in [0.3, 0.4) is 0 Å². The number of nitrogens with one attached hydrogen (secondary N) is 1. The fourth-order valence-electron chi connectivity index (χ4n) is 2.26. The lowest BCUT2D eigenvalue weighted by atomic mass is 9.74. The highest BCUT2D eigenvalue weighted by atomic mass is 19.1. The summed E-state index contributed by atoms with van der Waals surface area (Å²) >= 11 is 0. The molecule has 1 aliphatic carbocycles. The minimum absolute atomic E-state index is 0.0848. The molecule has 0 aromatic heterocycles. The molecule has 0 atom stereocenters. The second-order valence-electron chi connectivity index (χ2n) is 4.51. The Labute approximate surface area is 99.0 Å². The van der Waals surface area contributed by atoms with Crippen LogP contribution in [-0.4, -0.2) is 10.5 Å². The van der Waals surface area contributed by atoms with Gasteiger partial charge in [0.15, 0.2) is 0 Å². The molecular formula is C12H15FN2O2. The Balaban J connectivity index is 2.32. The van der Waals surface area contributed by atoms with Gasteiger partial charge in [-0.2, -0.15) is 4.39 Å². The SMILES string of the molecule is CCC1(Nc2cccc(F)c2[N+](=O)[O-])CCC1. The van der Waals surface area contributed by atoms with Crippen molar-refractivity contribution in [3.05, 3.63) is 34.1 Å². The summed E-state index contributed by atoms with van der Waals surface area (Å²) in [6.45, 7) is 2.04. The van der Waals surface area contributed by atoms with Crippen LogP contribution in [0.25, 0.3) is 0 Å². The van der Waals surface area contributed by atoms with Gasteiger partial charge in [-0.3, -0.25) is 10.1 Å². The lowest BCUT2D eigenvalue weighted by Crippen LogP contribution is -2.44. The molecule has 92 valence electrons. The molecule has 1 aliphatic rings. The van der Waals surface area contributed by atoms with Gasteiger partial charge < -0.3 is 5.32 Å². The lowest BCUT2D eigenvalue weighted by Gasteiger charge is -2.42. The Morgan fingerprint density at radius 1 is 1.53 bits per heavy atom. The second kappa shape index (κ2) is 4.31. The predicted octanol–water partition coefficient (Wildman–Crippen LogP) is 3.48. The Morgan fingerprint density at radius 3 is 2.71 bits per heavy atom. The number of nitrogens with zero attached hydrogens (tertiary/aromatic N) is 1. The van der Waals surface area contributed by atoms with Crippen molar-refractivity contribution in [3.63, 3.8) is 0 Å². The smallest absolute Gasteiger partial charge is 0.327 e. The maximum Gasteiger partial charge on any atom is 0.327 e. The molecule has 5 heteroatoms. The third kappa shape index (κ3) is 2.09. The summed E-state index contributed by atoms with van der Waals surface area (Å²) in [7, 11) is 0. The summed E-state index contributed by atoms with van der Waals surface area (Å²) in [5.41, 5.74) is -0.248. The molecule has 1 fully saturated rings. The van der Waals surface area contributed by atoms with E-state index in [0.717, 1.165) is 31.7 Å². The van der Waals surface area contributed by atoms with Crippen molar-refractivity contribution >= 4 is 11.4 Å². The zero-order valence-electron chi connectivity index (χ0n) is 9.70. The molecule has 0 saturated heterocycles. The third-order valence-electron chi connectivity index (χ3n) is 3.56. The number of para-hydroxylation sites is 1. The van der Waals surface area contributed by atoms with E-state index in [1.54, 1.807) is 6.07 Å². The first kappa shape index (κ1) is 11.8. The quantitative estimate of drug-likeness (QED) is 0.645. The van der Waals surface area contributed by atoms with E-state index < -0.39 is 16.4 Å². The predicted molar refractivity (Wildman–Crippen MR) is 63.6 cm³/mol. The summed E-state index contributed by atoms with van der Waals surface area (Å²) in [4.78, 5) is 10.2. The minimum atomic E-state index is -0.787. The van der Waals surface area contributed by atoms with Crippen LogP contribution in [0.1, 0.15) is 32.6 Å². The lowest BCUT2D eigenvalue weighted by molar-refractivity contribution is -0.386. The minimum Gasteiger partial charge on any atom is -0.374 e. The number of nitro benzene ring substituents is 1. The monoisotopic (exact) mass is 238 g/mol. The van der Waals surface area contributed by atoms with Gasteiger partial charge in [-0.1, -0.05) is 13.0 Å². The molecular weight excluding hydrogens is 223 g/mol. The molecule has 1 aromatic carbocycles. The molecule has 1 aromatic rings. The number of rotatable bonds is 4. The molecule has 0 aliphatic heterocycles. The molecule has 0 bridgehead atoms. The van der Waals surface area contributed by atoms with E-state index in [1.807, 2.05) is 6.92 Å². The third-order valence-corrected chi connectivity index (χ3v) is 3.56. The topological polar surface area (TPSA) is 55.2 Å². The molecule has 0 unspecified atom stereocenters. The van der Waals surface area contributed by atoms with Gasteiger partial charge in [-0.15, -0.1) is 0 Å². The van der Waals surface area contributed by atoms with E-state index >= 15 is 0 Å². The Hall–Kier alpha value is -1.65. The van der Waals surface area contributed by atoms with E-state index in [4.69, 9.17) is 0 Å². The van der Waals surface area contributed by atoms with Gasteiger partial charge in [-0.25, -0.2) is 0 Å². The average molecular weight is 238 g/mol. The first-order valence-corrected chi connectivity index (χ1v) is 5.79. The fraction of sp³-hybridized carbons (Fsp3) is 0.500. The summed E-state index contributed by atoms with van der Waals surface area (Å²) in [5.74, 6) is -0.787. The molecule has 0 amide bonds. The van der Waals surface area contributed by atoms with Gasteiger partial charge in [0, 0.05) is 5.54 Å². The van der Waals surface area contributed by atoms with Gasteiger partial charge in [0.1, 0.15) is 5.69 Å². The number of hydrogen-bond acceptors (Lipinski definition) is 3. The van der Waals surface area contributed by atoms with Crippen molar-refractivity contribution < 1.29 is 9.31 Å². The summed E-state index contributed by atoms with van der Waals surface area (Å²) in [5, 5.41) is 14.0. The standard InChI is InChI=1S/C12H15FN2O2/c1-2-12(7-4-8-12)14-10-6-3-5-9(13)11(10)15(16)17/h3,5-6,14H,2,4,7-8H2,1H3. The molecule has 0 radical (unpaired) electrons. The summed E-state index contributed by atoms with van der Waals surface area (Å²) < 4.78 is 13.4. The zero-order chi connectivity index (χ0) is 12.5. The molecule has 1 saturated carbocycles. The van der Waals surface area contributed by atoms with Gasteiger partial charge in [0.05, 0.1) is 4.92 Å². The Kier molecular flexibility index (Phi) is 3.00. The molecule has 2 rings (SSSR count). The molecule has 1 N–H and O–H groups in total. The Bertz CT molecular complexity index is 439. The zero-order valence-corrected chi connectivity index (χ0v) is 9.70. The number of hydrogen-bond donors (Lipinski definition) is 1. The van der Waals surface area contributed by atoms with Crippen molar-refractivity contribution in [1.82, 2.24) is 0 Å². The van der Waals surface area contributed by atoms with Crippen LogP contribution < -0.4 is 5.32 Å². The van der Waals surface area contributed by atoms with Gasteiger partial charge in [0.2, 0.25) is 5.82 Å². The molecule has 4 nitrogen and oxygen atoms in total. The highest BCUT2D eigenvalue weighted by Gasteiger charge is 2.36. The van der Waals surface area contributed by atoms with Crippen LogP contribution in [0.5, 0.6) is 0 Å². The maximum atomic E-state index is 13.4. The second-order valence-corrected chi connectivity index (χ2v) is 4.51. The molecule has 0 spiro atoms. The number of halogens is 1. The van der Waals surface area contributed by atoms with E-state index in [2.05, 4.69) is 5.32 Å². The van der Waals surface area contributed by atoms with Crippen molar-refractivity contribution in [2.45, 2.75) is 38.1 Å². The van der Waals surface area contributed by atoms with Gasteiger partial charge in [-0.05, 0) is 37.8 Å². The summed E-state index contributed by atoms with van der Waals surface area (Å²) in [6.07, 6.45) is 3.97. The highest BCUT2D eigenvalue weighted by molar-refractivity contribution is 5.63. The number of nitro groups is 1. The average Bonchev–Trinajstić information content (AvgIpc) is 2.23. The van der Waals surface area contributed by atoms with Crippen LogP contribution in [0.4, 0.5) is 15.8 Å². The van der Waals surface area contributed by atoms with Crippen molar-refractivity contribution in [1.29, 1.82) is 0 Å². The largest absolute Gasteiger partial charge is 0.374 e. The van der Waals surface area contributed by atoms with E-state index in [9.17, 15) is 14.5 Å². The van der Waals surface area contributed by atoms with Crippen LogP contribution in [0, 0.1) is 15.9 Å². The van der Waals surface area contributed by atoms with E-state index in [1.165, 1.54) is 6.07 Å². The van der Waals surface area contributed by atoms with Crippen molar-refractivity contribution in [2.24, 2.45) is 0 Å². The fourth-order valence-corrected chi connectivity index (χ4v) is 2.26. The maximum absolute atomic E-state index is 13.4. The van der Waals surface area contributed by atoms with Crippen molar-refractivity contribution in [2.75, 3.05) is 5.32 Å². The highest BCUT2D eigenvalue weighted by Crippen LogP contribution is 2.40. The van der Waals surface area contributed by atoms with E-state index in [-0.39, 0.29) is 11.2 Å². The van der Waals surface area contributed by atoms with Crippen LogP contribution in [-0.2, 0) is 0 Å². The van der Waals surface area contributed by atoms with Gasteiger partial charge in [0.25, 0.3) is 0 Å².